The van der Waals surface area contributed by atoms with Crippen LogP contribution in [-0.4, -0.2) is 38.4 Å². The van der Waals surface area contributed by atoms with Gasteiger partial charge in [-0.25, -0.2) is 9.78 Å². The highest BCUT2D eigenvalue weighted by atomic mass is 35.5. The lowest BCUT2D eigenvalue weighted by Gasteiger charge is -2.52. The van der Waals surface area contributed by atoms with Crippen molar-refractivity contribution in [2.75, 3.05) is 6.61 Å². The molecule has 0 aliphatic heterocycles. The van der Waals surface area contributed by atoms with Gasteiger partial charge in [0.05, 0.1) is 22.3 Å². The molecule has 8 nitrogen and oxygen atoms in total. The normalized spacial score (nSPS) is 24.4. The Balaban J connectivity index is 1.12. The Morgan fingerprint density at radius 1 is 1.08 bits per heavy atom. The van der Waals surface area contributed by atoms with Crippen molar-refractivity contribution in [1.29, 1.82) is 0 Å². The SMILES string of the molecule is O=C(O)COc1ccc(C=CC23CCC(OCc4c(-c5c(Cl)cncc5Cl)noc4C4CC4)(CC2)CC3)cn1. The number of halogens is 2. The Kier molecular flexibility index (Phi) is 7.12. The first kappa shape index (κ1) is 26.3. The number of carboxylic acids is 1. The van der Waals surface area contributed by atoms with E-state index in [2.05, 4.69) is 27.3 Å². The Hall–Kier alpha value is -2.94. The van der Waals surface area contributed by atoms with Crippen LogP contribution in [0.3, 0.4) is 0 Å². The molecule has 7 rings (SSSR count). The van der Waals surface area contributed by atoms with Crippen molar-refractivity contribution in [3.05, 3.63) is 63.7 Å². The maximum atomic E-state index is 10.7. The Bertz CT molecular complexity index is 1360. The second-order valence-electron chi connectivity index (χ2n) is 10.9. The summed E-state index contributed by atoms with van der Waals surface area (Å²) in [7, 11) is 0. The molecule has 3 heterocycles. The zero-order chi connectivity index (χ0) is 27.0. The van der Waals surface area contributed by atoms with Gasteiger partial charge in [-0.2, -0.15) is 0 Å². The number of rotatable bonds is 10. The molecule has 0 saturated heterocycles. The number of hydrogen-bond acceptors (Lipinski definition) is 7. The summed E-state index contributed by atoms with van der Waals surface area (Å²) in [4.78, 5) is 18.9. The molecule has 10 heteroatoms. The van der Waals surface area contributed by atoms with Gasteiger partial charge in [0.25, 0.3) is 0 Å². The van der Waals surface area contributed by atoms with Gasteiger partial charge in [-0.05, 0) is 68.4 Å². The first-order valence-corrected chi connectivity index (χ1v) is 14.0. The van der Waals surface area contributed by atoms with Gasteiger partial charge in [-0.1, -0.05) is 40.5 Å². The van der Waals surface area contributed by atoms with Gasteiger partial charge in [0, 0.05) is 41.7 Å². The van der Waals surface area contributed by atoms with Gasteiger partial charge in [-0.3, -0.25) is 4.98 Å². The molecule has 0 aromatic carbocycles. The van der Waals surface area contributed by atoms with E-state index in [9.17, 15) is 4.79 Å². The summed E-state index contributed by atoms with van der Waals surface area (Å²) in [5.41, 5.74) is 3.22. The molecule has 0 unspecified atom stereocenters. The summed E-state index contributed by atoms with van der Waals surface area (Å²) in [6, 6.07) is 3.59. The predicted octanol–water partition coefficient (Wildman–Crippen LogP) is 7.10. The summed E-state index contributed by atoms with van der Waals surface area (Å²) >= 11 is 12.9. The monoisotopic (exact) mass is 569 g/mol. The van der Waals surface area contributed by atoms with Crippen LogP contribution in [0, 0.1) is 5.41 Å². The second kappa shape index (κ2) is 10.6. The molecule has 4 saturated carbocycles. The van der Waals surface area contributed by atoms with Gasteiger partial charge < -0.3 is 19.1 Å². The number of fused-ring (bicyclic) bond motifs is 3. The van der Waals surface area contributed by atoms with Crippen molar-refractivity contribution in [3.63, 3.8) is 0 Å². The third-order valence-corrected chi connectivity index (χ3v) is 8.92. The molecular formula is C29H29Cl2N3O5. The molecule has 39 heavy (non-hydrogen) atoms. The molecular weight excluding hydrogens is 541 g/mol. The van der Waals surface area contributed by atoms with E-state index in [1.54, 1.807) is 24.7 Å². The fourth-order valence-electron chi connectivity index (χ4n) is 5.82. The van der Waals surface area contributed by atoms with Crippen molar-refractivity contribution < 1.29 is 23.9 Å². The summed E-state index contributed by atoms with van der Waals surface area (Å²) in [5, 5.41) is 14.0. The van der Waals surface area contributed by atoms with E-state index in [0.717, 1.165) is 68.3 Å². The van der Waals surface area contributed by atoms with Crippen molar-refractivity contribution in [2.45, 2.75) is 69.5 Å². The van der Waals surface area contributed by atoms with Crippen LogP contribution >= 0.6 is 23.2 Å². The van der Waals surface area contributed by atoms with Crippen LogP contribution in [0.5, 0.6) is 5.88 Å². The molecule has 4 aliphatic carbocycles. The zero-order valence-corrected chi connectivity index (χ0v) is 22.9. The highest BCUT2D eigenvalue weighted by molar-refractivity contribution is 6.38. The number of carbonyl (C=O) groups is 1. The quantitative estimate of drug-likeness (QED) is 0.275. The van der Waals surface area contributed by atoms with Crippen molar-refractivity contribution in [3.8, 4) is 17.1 Å². The summed E-state index contributed by atoms with van der Waals surface area (Å²) < 4.78 is 17.7. The van der Waals surface area contributed by atoms with E-state index in [0.29, 0.717) is 39.7 Å². The number of nitrogens with zero attached hydrogens (tertiary/aromatic N) is 3. The maximum Gasteiger partial charge on any atom is 0.341 e. The Morgan fingerprint density at radius 2 is 1.79 bits per heavy atom. The molecule has 0 atom stereocenters. The number of hydrogen-bond donors (Lipinski definition) is 1. The van der Waals surface area contributed by atoms with Crippen LogP contribution < -0.4 is 4.74 Å². The minimum absolute atomic E-state index is 0.151. The van der Waals surface area contributed by atoms with Crippen molar-refractivity contribution in [2.24, 2.45) is 5.41 Å². The molecule has 3 aromatic rings. The van der Waals surface area contributed by atoms with Gasteiger partial charge in [-0.15, -0.1) is 0 Å². The smallest absolute Gasteiger partial charge is 0.341 e. The topological polar surface area (TPSA) is 108 Å². The highest BCUT2D eigenvalue weighted by Crippen LogP contribution is 2.55. The van der Waals surface area contributed by atoms with Gasteiger partial charge in [0.1, 0.15) is 11.5 Å². The summed E-state index contributed by atoms with van der Waals surface area (Å²) in [5.74, 6) is 0.549. The van der Waals surface area contributed by atoms with Gasteiger partial charge in [0.15, 0.2) is 6.61 Å². The number of ether oxygens (including phenoxy) is 2. The van der Waals surface area contributed by atoms with E-state index in [4.69, 9.17) is 42.3 Å². The average molecular weight is 570 g/mol. The number of aliphatic carboxylic acids is 1. The second-order valence-corrected chi connectivity index (χ2v) is 11.7. The molecule has 4 fully saturated rings. The zero-order valence-electron chi connectivity index (χ0n) is 21.4. The lowest BCUT2D eigenvalue weighted by molar-refractivity contribution is -0.139. The van der Waals surface area contributed by atoms with Crippen LogP contribution in [0.1, 0.15) is 74.2 Å². The molecule has 0 spiro atoms. The minimum Gasteiger partial charge on any atom is -0.479 e. The van der Waals surface area contributed by atoms with Crippen molar-refractivity contribution >= 4 is 35.2 Å². The molecule has 4 aliphatic rings. The lowest BCUT2D eigenvalue weighted by atomic mass is 9.58. The third-order valence-electron chi connectivity index (χ3n) is 8.35. The fourth-order valence-corrected chi connectivity index (χ4v) is 6.36. The molecule has 0 radical (unpaired) electrons. The van der Waals surface area contributed by atoms with Crippen LogP contribution in [0.4, 0.5) is 0 Å². The molecule has 1 N–H and O–H groups in total. The average Bonchev–Trinajstić information content (AvgIpc) is 3.71. The summed E-state index contributed by atoms with van der Waals surface area (Å²) in [6.07, 6.45) is 17.6. The van der Waals surface area contributed by atoms with E-state index in [-0.39, 0.29) is 11.0 Å². The van der Waals surface area contributed by atoms with E-state index in [1.807, 2.05) is 6.07 Å². The van der Waals surface area contributed by atoms with Crippen LogP contribution in [0.15, 0.2) is 41.3 Å². The van der Waals surface area contributed by atoms with Crippen LogP contribution in [0.25, 0.3) is 17.3 Å². The Morgan fingerprint density at radius 3 is 2.41 bits per heavy atom. The largest absolute Gasteiger partial charge is 0.479 e. The first-order chi connectivity index (χ1) is 18.9. The van der Waals surface area contributed by atoms with E-state index < -0.39 is 12.6 Å². The standard InChI is InChI=1S/C29H29Cl2N3O5/c30-21-14-32-15-22(31)25(21)26-20(27(39-34-26)19-2-3-19)16-38-29-10-7-28(8-11-29,9-12-29)6-5-18-1-4-23(33-13-18)37-17-24(35)36/h1,4-6,13-15,19H,2-3,7-12,16-17H2,(H,35,36). The lowest BCUT2D eigenvalue weighted by Crippen LogP contribution is -2.46. The molecule has 2 bridgehead atoms. The van der Waals surface area contributed by atoms with Crippen molar-refractivity contribution in [1.82, 2.24) is 15.1 Å². The van der Waals surface area contributed by atoms with E-state index >= 15 is 0 Å². The fraction of sp³-hybridized carbons (Fsp3) is 0.448. The number of pyridine rings is 2. The van der Waals surface area contributed by atoms with Crippen LogP contribution in [0.2, 0.25) is 10.0 Å². The predicted molar refractivity (Wildman–Crippen MR) is 146 cm³/mol. The van der Waals surface area contributed by atoms with Crippen LogP contribution in [-0.2, 0) is 16.1 Å². The Labute approximate surface area is 236 Å². The number of carboxylic acid groups (broad SMARTS) is 1. The number of allylic oxidation sites excluding steroid dienone is 1. The first-order valence-electron chi connectivity index (χ1n) is 13.3. The molecule has 204 valence electrons. The highest BCUT2D eigenvalue weighted by Gasteiger charge is 2.48. The number of aromatic nitrogens is 3. The van der Waals surface area contributed by atoms with Gasteiger partial charge in [0.2, 0.25) is 5.88 Å². The minimum atomic E-state index is -1.03. The summed E-state index contributed by atoms with van der Waals surface area (Å²) in [6.45, 7) is 0.0190. The molecule has 0 amide bonds. The van der Waals surface area contributed by atoms with Gasteiger partial charge >= 0.3 is 5.97 Å². The maximum absolute atomic E-state index is 10.7. The third kappa shape index (κ3) is 5.55. The molecule has 3 aromatic heterocycles. The van der Waals surface area contributed by atoms with E-state index in [1.165, 1.54) is 0 Å².